The molecule has 0 aromatic carbocycles. The van der Waals surface area contributed by atoms with Gasteiger partial charge in [0.05, 0.1) is 17.4 Å². The van der Waals surface area contributed by atoms with Crippen molar-refractivity contribution in [2.75, 3.05) is 13.1 Å². The van der Waals surface area contributed by atoms with Gasteiger partial charge >= 0.3 is 5.97 Å². The van der Waals surface area contributed by atoms with Crippen LogP contribution in [0.1, 0.15) is 67.7 Å². The second-order valence-corrected chi connectivity index (χ2v) is 8.66. The van der Waals surface area contributed by atoms with Gasteiger partial charge in [-0.05, 0) is 77.4 Å². The van der Waals surface area contributed by atoms with Crippen LogP contribution in [-0.2, 0) is 11.8 Å². The van der Waals surface area contributed by atoms with E-state index in [1.165, 1.54) is 25.0 Å². The van der Waals surface area contributed by atoms with Crippen LogP contribution in [0.4, 0.5) is 0 Å². The average Bonchev–Trinajstić information content (AvgIpc) is 3.32. The van der Waals surface area contributed by atoms with E-state index in [1.54, 1.807) is 0 Å². The molecule has 0 radical (unpaired) electrons. The quantitative estimate of drug-likeness (QED) is 0.571. The molecule has 0 N–H and O–H groups in total. The van der Waals surface area contributed by atoms with Gasteiger partial charge in [0, 0.05) is 42.3 Å². The van der Waals surface area contributed by atoms with Crippen molar-refractivity contribution in [3.05, 3.63) is 47.4 Å². The van der Waals surface area contributed by atoms with E-state index in [9.17, 15) is 4.79 Å². The summed E-state index contributed by atoms with van der Waals surface area (Å²) in [5, 5.41) is 4.32. The topological polar surface area (TPSA) is 51.8 Å². The molecule has 4 rings (SSSR count). The van der Waals surface area contributed by atoms with Gasteiger partial charge in [0.15, 0.2) is 0 Å². The summed E-state index contributed by atoms with van der Waals surface area (Å²) in [5.41, 5.74) is 5.98. The third-order valence-corrected chi connectivity index (χ3v) is 6.20. The van der Waals surface area contributed by atoms with Gasteiger partial charge < -0.3 is 9.14 Å². The van der Waals surface area contributed by atoms with Crippen molar-refractivity contribution in [2.24, 2.45) is 7.05 Å². The van der Waals surface area contributed by atoms with Crippen molar-refractivity contribution in [1.82, 2.24) is 19.1 Å². The minimum Gasteiger partial charge on any atom is -0.459 e. The highest BCUT2D eigenvalue weighted by Crippen LogP contribution is 2.33. The van der Waals surface area contributed by atoms with E-state index < -0.39 is 0 Å². The average molecular weight is 409 g/mol. The Morgan fingerprint density at radius 2 is 1.87 bits per heavy atom. The summed E-state index contributed by atoms with van der Waals surface area (Å²) >= 11 is 0. The first-order valence-corrected chi connectivity index (χ1v) is 11.0. The predicted molar refractivity (Wildman–Crippen MR) is 119 cm³/mol. The van der Waals surface area contributed by atoms with Crippen LogP contribution in [0.2, 0.25) is 0 Å². The monoisotopic (exact) mass is 408 g/mol. The lowest BCUT2D eigenvalue weighted by atomic mass is 9.99. The van der Waals surface area contributed by atoms with E-state index in [1.807, 2.05) is 43.9 Å². The van der Waals surface area contributed by atoms with Crippen LogP contribution in [0.5, 0.6) is 0 Å². The zero-order valence-electron chi connectivity index (χ0n) is 18.7. The number of carbonyl (C=O) groups is 1. The normalized spacial score (nSPS) is 16.3. The van der Waals surface area contributed by atoms with Crippen molar-refractivity contribution in [3.63, 3.8) is 0 Å². The van der Waals surface area contributed by atoms with Gasteiger partial charge in [0.25, 0.3) is 0 Å². The Morgan fingerprint density at radius 1 is 1.13 bits per heavy atom. The van der Waals surface area contributed by atoms with Crippen LogP contribution in [0.3, 0.4) is 0 Å². The first kappa shape index (κ1) is 20.7. The summed E-state index contributed by atoms with van der Waals surface area (Å²) in [6.45, 7) is 10.3. The first-order chi connectivity index (χ1) is 14.4. The van der Waals surface area contributed by atoms with Gasteiger partial charge in [-0.15, -0.1) is 0 Å². The van der Waals surface area contributed by atoms with Gasteiger partial charge in [-0.2, -0.15) is 5.10 Å². The number of rotatable bonds is 5. The fraction of sp³-hybridized carbons (Fsp3) is 0.500. The van der Waals surface area contributed by atoms with Gasteiger partial charge in [-0.3, -0.25) is 9.58 Å². The van der Waals surface area contributed by atoms with Crippen LogP contribution >= 0.6 is 0 Å². The molecule has 0 aliphatic carbocycles. The molecule has 3 aromatic rings. The number of carbonyl (C=O) groups excluding carboxylic acids is 1. The number of piperidine rings is 1. The number of aryl methyl sites for hydroxylation is 1. The van der Waals surface area contributed by atoms with Gasteiger partial charge in [-0.1, -0.05) is 6.42 Å². The third-order valence-electron chi connectivity index (χ3n) is 6.20. The van der Waals surface area contributed by atoms with E-state index in [0.717, 1.165) is 35.4 Å². The largest absolute Gasteiger partial charge is 0.459 e. The lowest BCUT2D eigenvalue weighted by Gasteiger charge is -2.34. The van der Waals surface area contributed by atoms with Crippen molar-refractivity contribution in [3.8, 4) is 11.3 Å². The second kappa shape index (κ2) is 8.26. The Hall–Kier alpha value is -2.60. The molecule has 6 nitrogen and oxygen atoms in total. The maximum atomic E-state index is 12.9. The molecule has 4 heterocycles. The van der Waals surface area contributed by atoms with Gasteiger partial charge in [0.1, 0.15) is 0 Å². The number of hydrogen-bond acceptors (Lipinski definition) is 4. The van der Waals surface area contributed by atoms with Crippen molar-refractivity contribution < 1.29 is 9.53 Å². The molecular weight excluding hydrogens is 376 g/mol. The molecule has 0 amide bonds. The highest BCUT2D eigenvalue weighted by Gasteiger charge is 2.26. The molecular formula is C24H32N4O2. The van der Waals surface area contributed by atoms with E-state index in [-0.39, 0.29) is 18.1 Å². The number of fused-ring (bicyclic) bond motifs is 1. The van der Waals surface area contributed by atoms with Gasteiger partial charge in [0.2, 0.25) is 0 Å². The van der Waals surface area contributed by atoms with Crippen molar-refractivity contribution in [2.45, 2.75) is 59.1 Å². The smallest absolute Gasteiger partial charge is 0.338 e. The number of likely N-dealkylation sites (tertiary alicyclic amines) is 1. The van der Waals surface area contributed by atoms with Crippen LogP contribution in [-0.4, -0.2) is 44.2 Å². The molecule has 0 saturated carbocycles. The standard InChI is InChI=1S/C24H32N4O2/c1-16(2)30-24(29)21-14-20-13-19(22-9-10-25-26(22)5)15-28(20)23(17(21)3)18(4)27-11-7-6-8-12-27/h9-10,13-16,18H,6-8,11-12H2,1-5H3. The Labute approximate surface area is 178 Å². The Bertz CT molecular complexity index is 1060. The minimum absolute atomic E-state index is 0.145. The molecule has 6 heteroatoms. The van der Waals surface area contributed by atoms with E-state index in [0.29, 0.717) is 5.56 Å². The molecule has 1 aliphatic heterocycles. The van der Waals surface area contributed by atoms with Crippen LogP contribution < -0.4 is 0 Å². The Morgan fingerprint density at radius 3 is 2.50 bits per heavy atom. The molecule has 1 fully saturated rings. The summed E-state index contributed by atoms with van der Waals surface area (Å²) in [4.78, 5) is 15.4. The number of esters is 1. The summed E-state index contributed by atoms with van der Waals surface area (Å²) in [5.74, 6) is -0.250. The first-order valence-electron chi connectivity index (χ1n) is 11.0. The maximum absolute atomic E-state index is 12.9. The van der Waals surface area contributed by atoms with E-state index in [2.05, 4.69) is 40.5 Å². The lowest BCUT2D eigenvalue weighted by molar-refractivity contribution is 0.0376. The van der Waals surface area contributed by atoms with Gasteiger partial charge in [-0.25, -0.2) is 4.79 Å². The number of ether oxygens (including phenoxy) is 1. The number of hydrogen-bond donors (Lipinski definition) is 0. The maximum Gasteiger partial charge on any atom is 0.338 e. The molecule has 1 atom stereocenters. The molecule has 0 spiro atoms. The van der Waals surface area contributed by atoms with Crippen molar-refractivity contribution in [1.29, 1.82) is 0 Å². The number of pyridine rings is 1. The summed E-state index contributed by atoms with van der Waals surface area (Å²) < 4.78 is 9.70. The van der Waals surface area contributed by atoms with Crippen LogP contribution in [0, 0.1) is 6.92 Å². The molecule has 0 bridgehead atoms. The molecule has 1 saturated heterocycles. The predicted octanol–water partition coefficient (Wildman–Crippen LogP) is 4.76. The zero-order valence-corrected chi connectivity index (χ0v) is 18.7. The molecule has 1 aliphatic rings. The summed E-state index contributed by atoms with van der Waals surface area (Å²) in [7, 11) is 1.95. The highest BCUT2D eigenvalue weighted by atomic mass is 16.5. The zero-order chi connectivity index (χ0) is 21.4. The number of aromatic nitrogens is 3. The van der Waals surface area contributed by atoms with Crippen LogP contribution in [0.25, 0.3) is 16.8 Å². The van der Waals surface area contributed by atoms with Crippen LogP contribution in [0.15, 0.2) is 30.6 Å². The Kier molecular flexibility index (Phi) is 5.69. The van der Waals surface area contributed by atoms with Crippen molar-refractivity contribution >= 4 is 11.5 Å². The molecule has 30 heavy (non-hydrogen) atoms. The SMILES string of the molecule is Cc1c(C(=O)OC(C)C)cc2cc(-c3ccnn3C)cn2c1C(C)N1CCCCC1. The summed E-state index contributed by atoms with van der Waals surface area (Å²) in [6, 6.07) is 6.33. The molecule has 3 aromatic heterocycles. The number of nitrogens with zero attached hydrogens (tertiary/aromatic N) is 4. The fourth-order valence-electron chi connectivity index (χ4n) is 4.65. The third kappa shape index (κ3) is 3.76. The lowest BCUT2D eigenvalue weighted by Crippen LogP contribution is -2.33. The molecule has 160 valence electrons. The Balaban J connectivity index is 1.88. The second-order valence-electron chi connectivity index (χ2n) is 8.66. The fourth-order valence-corrected chi connectivity index (χ4v) is 4.65. The highest BCUT2D eigenvalue weighted by molar-refractivity contribution is 5.93. The van der Waals surface area contributed by atoms with E-state index in [4.69, 9.17) is 4.74 Å². The minimum atomic E-state index is -0.250. The summed E-state index contributed by atoms with van der Waals surface area (Å²) in [6.07, 6.45) is 7.60. The molecule has 1 unspecified atom stereocenters. The van der Waals surface area contributed by atoms with E-state index >= 15 is 0 Å².